The van der Waals surface area contributed by atoms with E-state index in [4.69, 9.17) is 28.5 Å². The average molecular weight is 571 g/mol. The van der Waals surface area contributed by atoms with Crippen molar-refractivity contribution in [1.82, 2.24) is 19.7 Å². The van der Waals surface area contributed by atoms with Crippen LogP contribution < -0.4 is 15.0 Å². The van der Waals surface area contributed by atoms with Crippen molar-refractivity contribution in [1.29, 1.82) is 0 Å². The third-order valence-corrected chi connectivity index (χ3v) is 6.87. The number of nitrogens with zero attached hydrogens (tertiary/aromatic N) is 4. The summed E-state index contributed by atoms with van der Waals surface area (Å²) in [6, 6.07) is 15.9. The van der Waals surface area contributed by atoms with Gasteiger partial charge in [-0.3, -0.25) is 13.9 Å². The Hall–Kier alpha value is -4.86. The molecule has 0 amide bonds. The predicted molar refractivity (Wildman–Crippen MR) is 157 cm³/mol. The SMILES string of the molecule is CCCc1nc(CC)c(OC/C=C\C2=C(C)OCO2)c(=O)n1Cc1ccc(-c2ccccc2-c2noc(OC)n2)cc1. The lowest BCUT2D eigenvalue weighted by atomic mass is 9.98. The van der Waals surface area contributed by atoms with Crippen LogP contribution in [-0.2, 0) is 28.9 Å². The van der Waals surface area contributed by atoms with Crippen molar-refractivity contribution in [3.8, 4) is 34.3 Å². The van der Waals surface area contributed by atoms with Crippen molar-refractivity contribution < 1.29 is 23.5 Å². The second-order valence-electron chi connectivity index (χ2n) is 9.67. The number of benzene rings is 2. The molecule has 0 aliphatic carbocycles. The van der Waals surface area contributed by atoms with Gasteiger partial charge >= 0.3 is 6.08 Å². The molecule has 3 heterocycles. The average Bonchev–Trinajstić information content (AvgIpc) is 3.67. The Labute approximate surface area is 244 Å². The van der Waals surface area contributed by atoms with E-state index < -0.39 is 0 Å². The van der Waals surface area contributed by atoms with Crippen LogP contribution in [0.2, 0.25) is 0 Å². The molecule has 0 N–H and O–H groups in total. The van der Waals surface area contributed by atoms with E-state index in [1.165, 1.54) is 7.11 Å². The summed E-state index contributed by atoms with van der Waals surface area (Å²) in [6.07, 6.45) is 5.85. The van der Waals surface area contributed by atoms with Gasteiger partial charge in [-0.15, -0.1) is 0 Å². The van der Waals surface area contributed by atoms with Crippen LogP contribution in [0, 0.1) is 0 Å². The molecule has 0 spiro atoms. The lowest BCUT2D eigenvalue weighted by Gasteiger charge is -2.17. The van der Waals surface area contributed by atoms with Crippen LogP contribution in [0.5, 0.6) is 11.8 Å². The molecule has 0 unspecified atom stereocenters. The maximum Gasteiger partial charge on any atom is 0.417 e. The first-order valence-electron chi connectivity index (χ1n) is 14.0. The number of allylic oxidation sites excluding steroid dienone is 2. The second-order valence-corrected chi connectivity index (χ2v) is 9.67. The molecule has 5 rings (SSSR count). The summed E-state index contributed by atoms with van der Waals surface area (Å²) in [5, 5.41) is 4.04. The quantitative estimate of drug-likeness (QED) is 0.212. The van der Waals surface area contributed by atoms with E-state index in [1.807, 2.05) is 62.4 Å². The topological polar surface area (TPSA) is 111 Å². The normalized spacial score (nSPS) is 13.0. The monoisotopic (exact) mass is 570 g/mol. The second kappa shape index (κ2) is 13.2. The minimum absolute atomic E-state index is 0.107. The van der Waals surface area contributed by atoms with E-state index in [0.29, 0.717) is 36.7 Å². The Morgan fingerprint density at radius 1 is 1.02 bits per heavy atom. The molecule has 0 fully saturated rings. The minimum Gasteiger partial charge on any atom is -0.482 e. The zero-order valence-electron chi connectivity index (χ0n) is 24.3. The van der Waals surface area contributed by atoms with Gasteiger partial charge in [-0.05, 0) is 48.6 Å². The molecular weight excluding hydrogens is 536 g/mol. The highest BCUT2D eigenvalue weighted by Crippen LogP contribution is 2.31. The Bertz CT molecular complexity index is 1650. The summed E-state index contributed by atoms with van der Waals surface area (Å²) in [6.45, 7) is 6.68. The van der Waals surface area contributed by atoms with Crippen LogP contribution in [0.1, 0.15) is 44.3 Å². The predicted octanol–water partition coefficient (Wildman–Crippen LogP) is 5.70. The molecule has 0 saturated carbocycles. The Morgan fingerprint density at radius 3 is 2.48 bits per heavy atom. The van der Waals surface area contributed by atoms with Gasteiger partial charge in [0, 0.05) is 12.0 Å². The van der Waals surface area contributed by atoms with Gasteiger partial charge in [0.05, 0.1) is 19.3 Å². The minimum atomic E-state index is -0.185. The zero-order chi connectivity index (χ0) is 29.5. The van der Waals surface area contributed by atoms with E-state index in [9.17, 15) is 4.79 Å². The third kappa shape index (κ3) is 6.22. The molecule has 10 heteroatoms. The highest BCUT2D eigenvalue weighted by atomic mass is 16.7. The molecule has 1 aliphatic heterocycles. The number of methoxy groups -OCH3 is 1. The van der Waals surface area contributed by atoms with E-state index in [0.717, 1.165) is 40.3 Å². The maximum atomic E-state index is 13.8. The Balaban J connectivity index is 1.40. The Kier molecular flexibility index (Phi) is 9.01. The molecule has 0 atom stereocenters. The van der Waals surface area contributed by atoms with Crippen LogP contribution in [0.25, 0.3) is 22.5 Å². The van der Waals surface area contributed by atoms with E-state index in [2.05, 4.69) is 17.1 Å². The molecule has 42 heavy (non-hydrogen) atoms. The first-order valence-corrected chi connectivity index (χ1v) is 14.0. The number of hydrogen-bond acceptors (Lipinski definition) is 9. The van der Waals surface area contributed by atoms with Gasteiger partial charge < -0.3 is 18.9 Å². The smallest absolute Gasteiger partial charge is 0.417 e. The van der Waals surface area contributed by atoms with E-state index in [1.54, 1.807) is 16.7 Å². The standard InChI is InChI=1S/C32H34N4O6/c1-5-10-28-33-26(6-2)29(39-18-9-13-27-21(3)40-20-41-27)31(37)36(28)19-22-14-16-23(17-15-22)24-11-7-8-12-25(24)30-34-32(38-4)42-35-30/h7-9,11-17H,5-6,10,18-20H2,1-4H3/b13-9-. The number of aromatic nitrogens is 4. The third-order valence-electron chi connectivity index (χ3n) is 6.87. The number of aryl methyl sites for hydroxylation is 2. The first-order chi connectivity index (χ1) is 20.5. The zero-order valence-corrected chi connectivity index (χ0v) is 24.3. The molecule has 0 bridgehead atoms. The number of rotatable bonds is 12. The molecule has 10 nitrogen and oxygen atoms in total. The fraction of sp³-hybridized carbons (Fsp3) is 0.312. The van der Waals surface area contributed by atoms with Crippen LogP contribution in [0.15, 0.2) is 81.5 Å². The molecule has 0 saturated heterocycles. The van der Waals surface area contributed by atoms with Gasteiger partial charge in [0.25, 0.3) is 5.56 Å². The van der Waals surface area contributed by atoms with Crippen LogP contribution >= 0.6 is 0 Å². The van der Waals surface area contributed by atoms with Gasteiger partial charge in [-0.1, -0.05) is 67.5 Å². The number of hydrogen-bond donors (Lipinski definition) is 0. The van der Waals surface area contributed by atoms with Crippen LogP contribution in [0.3, 0.4) is 0 Å². The van der Waals surface area contributed by atoms with Gasteiger partial charge in [-0.25, -0.2) is 4.98 Å². The molecule has 0 radical (unpaired) electrons. The molecular formula is C32H34N4O6. The van der Waals surface area contributed by atoms with Crippen molar-refractivity contribution in [2.75, 3.05) is 20.5 Å². The fourth-order valence-electron chi connectivity index (χ4n) is 4.70. The highest BCUT2D eigenvalue weighted by molar-refractivity contribution is 5.80. The first kappa shape index (κ1) is 28.7. The van der Waals surface area contributed by atoms with E-state index >= 15 is 0 Å². The van der Waals surface area contributed by atoms with Crippen LogP contribution in [-0.4, -0.2) is 40.2 Å². The summed E-state index contributed by atoms with van der Waals surface area (Å²) < 4.78 is 28.6. The van der Waals surface area contributed by atoms with Crippen LogP contribution in [0.4, 0.5) is 0 Å². The molecule has 4 aromatic rings. The van der Waals surface area contributed by atoms with Crippen molar-refractivity contribution >= 4 is 0 Å². The number of ether oxygens (including phenoxy) is 4. The van der Waals surface area contributed by atoms with Gasteiger partial charge in [0.2, 0.25) is 18.4 Å². The van der Waals surface area contributed by atoms with Gasteiger partial charge in [0.15, 0.2) is 5.76 Å². The van der Waals surface area contributed by atoms with Crippen molar-refractivity contribution in [3.05, 3.63) is 99.6 Å². The molecule has 2 aromatic heterocycles. The maximum absolute atomic E-state index is 13.8. The fourth-order valence-corrected chi connectivity index (χ4v) is 4.70. The summed E-state index contributed by atoms with van der Waals surface area (Å²) in [7, 11) is 1.48. The van der Waals surface area contributed by atoms with E-state index in [-0.39, 0.29) is 30.8 Å². The van der Waals surface area contributed by atoms with Gasteiger partial charge in [0.1, 0.15) is 18.2 Å². The lowest BCUT2D eigenvalue weighted by molar-refractivity contribution is 0.0749. The Morgan fingerprint density at radius 2 is 1.81 bits per heavy atom. The highest BCUT2D eigenvalue weighted by Gasteiger charge is 2.18. The molecule has 218 valence electrons. The van der Waals surface area contributed by atoms with Crippen molar-refractivity contribution in [2.24, 2.45) is 0 Å². The van der Waals surface area contributed by atoms with Gasteiger partial charge in [-0.2, -0.15) is 4.98 Å². The summed E-state index contributed by atoms with van der Waals surface area (Å²) in [5.74, 6) is 2.85. The molecule has 1 aliphatic rings. The van der Waals surface area contributed by atoms with Crippen molar-refractivity contribution in [3.63, 3.8) is 0 Å². The summed E-state index contributed by atoms with van der Waals surface area (Å²) in [5.41, 5.74) is 4.21. The summed E-state index contributed by atoms with van der Waals surface area (Å²) >= 11 is 0. The largest absolute Gasteiger partial charge is 0.482 e. The molecule has 2 aromatic carbocycles. The van der Waals surface area contributed by atoms with Crippen molar-refractivity contribution in [2.45, 2.75) is 46.6 Å². The lowest BCUT2D eigenvalue weighted by Crippen LogP contribution is -2.29. The summed E-state index contributed by atoms with van der Waals surface area (Å²) in [4.78, 5) is 22.9.